The quantitative estimate of drug-likeness (QED) is 0.330. The van der Waals surface area contributed by atoms with Crippen molar-refractivity contribution in [1.82, 2.24) is 14.8 Å². The Morgan fingerprint density at radius 1 is 1.23 bits per heavy atom. The van der Waals surface area contributed by atoms with Gasteiger partial charge in [0.15, 0.2) is 11.0 Å². The lowest BCUT2D eigenvalue weighted by atomic mass is 10.1. The molecule has 0 saturated heterocycles. The summed E-state index contributed by atoms with van der Waals surface area (Å²) < 4.78 is 7.26. The van der Waals surface area contributed by atoms with Crippen LogP contribution in [0.25, 0.3) is 11.4 Å². The molecule has 0 radical (unpaired) electrons. The number of nitrogens with zero attached hydrogens (tertiary/aromatic N) is 3. The van der Waals surface area contributed by atoms with Gasteiger partial charge in [0.25, 0.3) is 0 Å². The van der Waals surface area contributed by atoms with Crippen LogP contribution >= 0.6 is 11.8 Å². The van der Waals surface area contributed by atoms with Gasteiger partial charge in [-0.05, 0) is 42.7 Å². The second-order valence-corrected chi connectivity index (χ2v) is 8.02. The summed E-state index contributed by atoms with van der Waals surface area (Å²) in [4.78, 5) is 12.4. The first-order valence-electron chi connectivity index (χ1n) is 10.3. The molecule has 0 fully saturated rings. The molecule has 0 atom stereocenters. The third-order valence-corrected chi connectivity index (χ3v) is 5.71. The summed E-state index contributed by atoms with van der Waals surface area (Å²) in [5.74, 6) is 1.62. The molecule has 6 nitrogen and oxygen atoms in total. The van der Waals surface area contributed by atoms with Crippen LogP contribution in [0.4, 0.5) is 5.69 Å². The molecule has 3 rings (SSSR count). The highest BCUT2D eigenvalue weighted by atomic mass is 32.2. The van der Waals surface area contributed by atoms with Gasteiger partial charge in [-0.25, -0.2) is 0 Å². The topological polar surface area (TPSA) is 69.0 Å². The fourth-order valence-electron chi connectivity index (χ4n) is 3.13. The van der Waals surface area contributed by atoms with Crippen LogP contribution in [0.1, 0.15) is 25.3 Å². The van der Waals surface area contributed by atoms with E-state index < -0.39 is 0 Å². The number of hydrogen-bond donors (Lipinski definition) is 1. The van der Waals surface area contributed by atoms with E-state index >= 15 is 0 Å². The van der Waals surface area contributed by atoms with Gasteiger partial charge >= 0.3 is 0 Å². The first-order valence-corrected chi connectivity index (χ1v) is 11.3. The molecule has 2 aromatic carbocycles. The number of nitrogens with one attached hydrogen (secondary N) is 1. The Morgan fingerprint density at radius 3 is 2.74 bits per heavy atom. The number of aryl methyl sites for hydroxylation is 1. The first kappa shape index (κ1) is 22.6. The number of hydrogen-bond acceptors (Lipinski definition) is 5. The molecule has 1 N–H and O–H groups in total. The van der Waals surface area contributed by atoms with Crippen LogP contribution < -0.4 is 10.1 Å². The standard InChI is InChI=1S/C24H28N4O2S/c1-4-6-8-18-11-13-20(14-12-18)25-22(29)17-31-24-27-26-23(28(24)15-5-2)19-9-7-10-21(16-19)30-3/h5,7,9-14,16H,2,4,6,8,15,17H2,1,3H3,(H,25,29). The number of methoxy groups -OCH3 is 1. The number of carbonyl (C=O) groups is 1. The summed E-state index contributed by atoms with van der Waals surface area (Å²) >= 11 is 1.35. The minimum Gasteiger partial charge on any atom is -0.497 e. The molecule has 162 valence electrons. The van der Waals surface area contributed by atoms with Gasteiger partial charge in [-0.3, -0.25) is 9.36 Å². The highest BCUT2D eigenvalue weighted by Gasteiger charge is 2.15. The minimum atomic E-state index is -0.0811. The largest absolute Gasteiger partial charge is 0.497 e. The number of ether oxygens (including phenoxy) is 1. The van der Waals surface area contributed by atoms with E-state index in [1.807, 2.05) is 41.0 Å². The number of rotatable bonds is 11. The van der Waals surface area contributed by atoms with E-state index in [4.69, 9.17) is 4.74 Å². The van der Waals surface area contributed by atoms with Crippen molar-refractivity contribution in [2.75, 3.05) is 18.2 Å². The van der Waals surface area contributed by atoms with E-state index in [1.54, 1.807) is 13.2 Å². The Labute approximate surface area is 187 Å². The van der Waals surface area contributed by atoms with Gasteiger partial charge in [-0.2, -0.15) is 0 Å². The maximum Gasteiger partial charge on any atom is 0.234 e. The molecule has 3 aromatic rings. The van der Waals surface area contributed by atoms with E-state index in [0.29, 0.717) is 17.5 Å². The van der Waals surface area contributed by atoms with E-state index in [2.05, 4.69) is 41.1 Å². The van der Waals surface area contributed by atoms with Gasteiger partial charge in [0, 0.05) is 17.8 Å². The summed E-state index contributed by atoms with van der Waals surface area (Å²) in [6.07, 6.45) is 5.20. The van der Waals surface area contributed by atoms with Crippen LogP contribution in [0, 0.1) is 0 Å². The Morgan fingerprint density at radius 2 is 2.03 bits per heavy atom. The highest BCUT2D eigenvalue weighted by Crippen LogP contribution is 2.26. The molecule has 0 aliphatic heterocycles. The molecule has 0 aliphatic carbocycles. The molecule has 0 aliphatic rings. The molecular weight excluding hydrogens is 408 g/mol. The van der Waals surface area contributed by atoms with Crippen molar-refractivity contribution in [3.8, 4) is 17.1 Å². The third kappa shape index (κ3) is 6.21. The molecular formula is C24H28N4O2S. The third-order valence-electron chi connectivity index (χ3n) is 4.75. The summed E-state index contributed by atoms with van der Waals surface area (Å²) in [7, 11) is 1.63. The Hall–Kier alpha value is -3.06. The van der Waals surface area contributed by atoms with Gasteiger partial charge in [0.2, 0.25) is 5.91 Å². The van der Waals surface area contributed by atoms with Crippen molar-refractivity contribution in [1.29, 1.82) is 0 Å². The Balaban J connectivity index is 1.65. The zero-order chi connectivity index (χ0) is 22.1. The van der Waals surface area contributed by atoms with E-state index in [9.17, 15) is 4.79 Å². The summed E-state index contributed by atoms with van der Waals surface area (Å²) in [5, 5.41) is 12.2. The van der Waals surface area contributed by atoms with Crippen molar-refractivity contribution < 1.29 is 9.53 Å². The van der Waals surface area contributed by atoms with Gasteiger partial charge in [-0.1, -0.05) is 55.4 Å². The van der Waals surface area contributed by atoms with Gasteiger partial charge in [0.1, 0.15) is 5.75 Å². The molecule has 7 heteroatoms. The average Bonchev–Trinajstić information content (AvgIpc) is 3.20. The fourth-order valence-corrected chi connectivity index (χ4v) is 3.88. The van der Waals surface area contributed by atoms with Crippen molar-refractivity contribution in [2.24, 2.45) is 0 Å². The van der Waals surface area contributed by atoms with Crippen molar-refractivity contribution in [3.63, 3.8) is 0 Å². The second kappa shape index (κ2) is 11.4. The van der Waals surface area contributed by atoms with Crippen LogP contribution in [0.5, 0.6) is 5.75 Å². The molecule has 0 spiro atoms. The lowest BCUT2D eigenvalue weighted by Gasteiger charge is -2.09. The number of thioether (sulfide) groups is 1. The number of unbranched alkanes of at least 4 members (excludes halogenated alkanes) is 1. The fraction of sp³-hybridized carbons (Fsp3) is 0.292. The Kier molecular flexibility index (Phi) is 8.29. The smallest absolute Gasteiger partial charge is 0.234 e. The minimum absolute atomic E-state index is 0.0811. The number of allylic oxidation sites excluding steroid dienone is 1. The first-order chi connectivity index (χ1) is 15.1. The average molecular weight is 437 g/mol. The molecule has 0 saturated carbocycles. The molecule has 0 bridgehead atoms. The van der Waals surface area contributed by atoms with Crippen LogP contribution in [0.2, 0.25) is 0 Å². The number of amides is 1. The monoisotopic (exact) mass is 436 g/mol. The number of aromatic nitrogens is 3. The van der Waals surface area contributed by atoms with Crippen LogP contribution in [0.3, 0.4) is 0 Å². The molecule has 31 heavy (non-hydrogen) atoms. The van der Waals surface area contributed by atoms with Crippen LogP contribution in [-0.4, -0.2) is 33.5 Å². The van der Waals surface area contributed by atoms with Gasteiger partial charge in [0.05, 0.1) is 12.9 Å². The van der Waals surface area contributed by atoms with E-state index in [1.165, 1.54) is 30.2 Å². The molecule has 1 amide bonds. The van der Waals surface area contributed by atoms with Crippen molar-refractivity contribution in [2.45, 2.75) is 37.9 Å². The lowest BCUT2D eigenvalue weighted by Crippen LogP contribution is -2.14. The summed E-state index contributed by atoms with van der Waals surface area (Å²) in [6, 6.07) is 15.7. The number of carbonyl (C=O) groups excluding carboxylic acids is 1. The second-order valence-electron chi connectivity index (χ2n) is 7.07. The predicted octanol–water partition coefficient (Wildman–Crippen LogP) is 5.21. The number of anilines is 1. The summed E-state index contributed by atoms with van der Waals surface area (Å²) in [5.41, 5.74) is 2.99. The molecule has 1 aromatic heterocycles. The SMILES string of the molecule is C=CCn1c(SCC(=O)Nc2ccc(CCCC)cc2)nnc1-c1cccc(OC)c1. The zero-order valence-electron chi connectivity index (χ0n) is 18.0. The van der Waals surface area contributed by atoms with Crippen LogP contribution in [-0.2, 0) is 17.8 Å². The van der Waals surface area contributed by atoms with Gasteiger partial charge in [-0.15, -0.1) is 16.8 Å². The number of benzene rings is 2. The lowest BCUT2D eigenvalue weighted by molar-refractivity contribution is -0.113. The van der Waals surface area contributed by atoms with Crippen molar-refractivity contribution >= 4 is 23.4 Å². The zero-order valence-corrected chi connectivity index (χ0v) is 18.8. The van der Waals surface area contributed by atoms with Gasteiger partial charge < -0.3 is 10.1 Å². The highest BCUT2D eigenvalue weighted by molar-refractivity contribution is 7.99. The summed E-state index contributed by atoms with van der Waals surface area (Å²) in [6.45, 7) is 6.56. The van der Waals surface area contributed by atoms with E-state index in [0.717, 1.165) is 23.4 Å². The predicted molar refractivity (Wildman–Crippen MR) is 127 cm³/mol. The Bertz CT molecular complexity index is 1010. The van der Waals surface area contributed by atoms with Crippen molar-refractivity contribution in [3.05, 3.63) is 66.7 Å². The molecule has 0 unspecified atom stereocenters. The molecule has 1 heterocycles. The maximum absolute atomic E-state index is 12.4. The van der Waals surface area contributed by atoms with Crippen LogP contribution in [0.15, 0.2) is 66.3 Å². The maximum atomic E-state index is 12.4. The normalized spacial score (nSPS) is 10.6. The van der Waals surface area contributed by atoms with E-state index in [-0.39, 0.29) is 11.7 Å².